The Labute approximate surface area is 152 Å². The van der Waals surface area contributed by atoms with Crippen LogP contribution in [0.5, 0.6) is 11.5 Å². The molecule has 0 aliphatic carbocycles. The lowest BCUT2D eigenvalue weighted by Gasteiger charge is -2.29. The lowest BCUT2D eigenvalue weighted by molar-refractivity contribution is -0.140. The van der Waals surface area contributed by atoms with Crippen LogP contribution < -0.4 is 20.1 Å². The molecule has 2 N–H and O–H groups in total. The SMILES string of the molecule is COc1ccc2cc1/C=C\NC(=O)[C@@H]1CCCN1C(=O)[C@H]1NCC[C@@H]1O2. The summed E-state index contributed by atoms with van der Waals surface area (Å²) in [6.07, 6.45) is 5.39. The van der Waals surface area contributed by atoms with E-state index in [1.165, 1.54) is 0 Å². The van der Waals surface area contributed by atoms with E-state index in [4.69, 9.17) is 9.47 Å². The zero-order chi connectivity index (χ0) is 18.1. The second-order valence-electron chi connectivity index (χ2n) is 6.81. The van der Waals surface area contributed by atoms with Gasteiger partial charge in [0, 0.05) is 18.3 Å². The molecule has 4 rings (SSSR count). The molecular formula is C19H23N3O4. The Hall–Kier alpha value is -2.54. The number of rotatable bonds is 1. The highest BCUT2D eigenvalue weighted by Gasteiger charge is 2.42. The minimum Gasteiger partial charge on any atom is -0.496 e. The van der Waals surface area contributed by atoms with Gasteiger partial charge in [-0.05, 0) is 50.1 Å². The monoisotopic (exact) mass is 357 g/mol. The number of benzene rings is 1. The van der Waals surface area contributed by atoms with E-state index >= 15 is 0 Å². The first-order chi connectivity index (χ1) is 12.7. The maximum atomic E-state index is 13.0. The van der Waals surface area contributed by atoms with E-state index in [1.807, 2.05) is 18.2 Å². The number of amides is 2. The molecule has 3 heterocycles. The van der Waals surface area contributed by atoms with E-state index in [2.05, 4.69) is 10.6 Å². The Bertz CT molecular complexity index is 748. The fourth-order valence-corrected chi connectivity index (χ4v) is 3.93. The highest BCUT2D eigenvalue weighted by Crippen LogP contribution is 2.29. The summed E-state index contributed by atoms with van der Waals surface area (Å²) in [6, 6.07) is 4.67. The fourth-order valence-electron chi connectivity index (χ4n) is 3.93. The van der Waals surface area contributed by atoms with Gasteiger partial charge in [0.2, 0.25) is 11.8 Å². The van der Waals surface area contributed by atoms with Crippen molar-refractivity contribution in [1.82, 2.24) is 15.5 Å². The lowest BCUT2D eigenvalue weighted by Crippen LogP contribution is -2.53. The quantitative estimate of drug-likeness (QED) is 0.781. The van der Waals surface area contributed by atoms with Crippen LogP contribution in [-0.4, -0.2) is 55.1 Å². The molecule has 3 aliphatic heterocycles. The average Bonchev–Trinajstić information content (AvgIpc) is 3.30. The Morgan fingerprint density at radius 3 is 3.00 bits per heavy atom. The van der Waals surface area contributed by atoms with Crippen LogP contribution in [0.3, 0.4) is 0 Å². The molecule has 0 aromatic heterocycles. The first-order valence-corrected chi connectivity index (χ1v) is 9.03. The van der Waals surface area contributed by atoms with Gasteiger partial charge in [0.15, 0.2) is 0 Å². The van der Waals surface area contributed by atoms with Gasteiger partial charge in [-0.1, -0.05) is 0 Å². The van der Waals surface area contributed by atoms with Crippen molar-refractivity contribution in [3.63, 3.8) is 0 Å². The molecule has 1 aromatic carbocycles. The number of ether oxygens (including phenoxy) is 2. The molecule has 0 unspecified atom stereocenters. The largest absolute Gasteiger partial charge is 0.496 e. The van der Waals surface area contributed by atoms with E-state index in [0.29, 0.717) is 31.0 Å². The van der Waals surface area contributed by atoms with E-state index in [9.17, 15) is 9.59 Å². The third kappa shape index (κ3) is 3.03. The number of nitrogens with zero attached hydrogens (tertiary/aromatic N) is 1. The van der Waals surface area contributed by atoms with Gasteiger partial charge in [-0.2, -0.15) is 0 Å². The molecule has 2 fully saturated rings. The predicted octanol–water partition coefficient (Wildman–Crippen LogP) is 0.896. The molecule has 0 radical (unpaired) electrons. The molecule has 2 saturated heterocycles. The minimum absolute atomic E-state index is 0.0536. The minimum atomic E-state index is -0.430. The predicted molar refractivity (Wildman–Crippen MR) is 95.7 cm³/mol. The van der Waals surface area contributed by atoms with Gasteiger partial charge < -0.3 is 25.0 Å². The van der Waals surface area contributed by atoms with Crippen molar-refractivity contribution < 1.29 is 19.1 Å². The summed E-state index contributed by atoms with van der Waals surface area (Å²) in [6.45, 7) is 1.32. The van der Waals surface area contributed by atoms with Crippen molar-refractivity contribution in [2.75, 3.05) is 20.2 Å². The molecule has 1 aromatic rings. The normalized spacial score (nSPS) is 29.4. The number of fused-ring (bicyclic) bond motifs is 4. The van der Waals surface area contributed by atoms with Crippen molar-refractivity contribution in [1.29, 1.82) is 0 Å². The Morgan fingerprint density at radius 2 is 2.15 bits per heavy atom. The van der Waals surface area contributed by atoms with Crippen LogP contribution in [0, 0.1) is 0 Å². The highest BCUT2D eigenvalue weighted by molar-refractivity contribution is 5.91. The number of nitrogens with one attached hydrogen (secondary N) is 2. The number of carbonyl (C=O) groups excluding carboxylic acids is 2. The summed E-state index contributed by atoms with van der Waals surface area (Å²) in [5, 5.41) is 6.05. The van der Waals surface area contributed by atoms with Crippen molar-refractivity contribution in [3.8, 4) is 11.5 Å². The fraction of sp³-hybridized carbons (Fsp3) is 0.474. The molecule has 138 valence electrons. The molecule has 2 amide bonds. The van der Waals surface area contributed by atoms with Crippen LogP contribution in [-0.2, 0) is 9.59 Å². The molecule has 3 atom stereocenters. The van der Waals surface area contributed by atoms with Crippen LogP contribution >= 0.6 is 0 Å². The van der Waals surface area contributed by atoms with Crippen molar-refractivity contribution in [2.45, 2.75) is 37.5 Å². The summed E-state index contributed by atoms with van der Waals surface area (Å²) in [7, 11) is 1.60. The average molecular weight is 357 g/mol. The van der Waals surface area contributed by atoms with Crippen LogP contribution in [0.1, 0.15) is 24.8 Å². The Kier molecular flexibility index (Phi) is 4.55. The topological polar surface area (TPSA) is 79.9 Å². The standard InChI is InChI=1S/C19H23N3O4/c1-25-15-5-4-13-11-12(15)6-8-21-18(23)14-3-2-10-22(14)19(24)17-16(26-13)7-9-20-17/h4-6,8,11,14,16-17,20H,2-3,7,9-10H2,1H3,(H,21,23)/b8-6-/t14-,16-,17-/m0/s1. The molecule has 2 bridgehead atoms. The maximum Gasteiger partial charge on any atom is 0.246 e. The van der Waals surface area contributed by atoms with E-state index in [-0.39, 0.29) is 17.9 Å². The molecular weight excluding hydrogens is 334 g/mol. The van der Waals surface area contributed by atoms with Gasteiger partial charge in [-0.15, -0.1) is 0 Å². The first-order valence-electron chi connectivity index (χ1n) is 9.03. The maximum absolute atomic E-state index is 13.0. The second-order valence-corrected chi connectivity index (χ2v) is 6.81. The van der Waals surface area contributed by atoms with E-state index in [1.54, 1.807) is 24.3 Å². The second kappa shape index (κ2) is 6.99. The van der Waals surface area contributed by atoms with Crippen molar-refractivity contribution in [2.24, 2.45) is 0 Å². The summed E-state index contributed by atoms with van der Waals surface area (Å²) in [4.78, 5) is 27.3. The molecule has 26 heavy (non-hydrogen) atoms. The molecule has 0 spiro atoms. The van der Waals surface area contributed by atoms with Gasteiger partial charge in [-0.3, -0.25) is 9.59 Å². The summed E-state index contributed by atoms with van der Waals surface area (Å²) in [5.41, 5.74) is 0.807. The molecule has 0 saturated carbocycles. The zero-order valence-electron chi connectivity index (χ0n) is 14.7. The Balaban J connectivity index is 1.72. The summed E-state index contributed by atoms with van der Waals surface area (Å²) in [5.74, 6) is 1.16. The third-order valence-electron chi connectivity index (χ3n) is 5.25. The zero-order valence-corrected chi connectivity index (χ0v) is 14.7. The van der Waals surface area contributed by atoms with Crippen LogP contribution in [0.2, 0.25) is 0 Å². The van der Waals surface area contributed by atoms with Crippen LogP contribution in [0.4, 0.5) is 0 Å². The molecule has 7 heteroatoms. The highest BCUT2D eigenvalue weighted by atomic mass is 16.5. The lowest BCUT2D eigenvalue weighted by atomic mass is 10.1. The van der Waals surface area contributed by atoms with E-state index in [0.717, 1.165) is 18.4 Å². The summed E-state index contributed by atoms with van der Waals surface area (Å²) < 4.78 is 11.5. The van der Waals surface area contributed by atoms with Crippen molar-refractivity contribution >= 4 is 17.9 Å². The van der Waals surface area contributed by atoms with E-state index < -0.39 is 12.1 Å². The van der Waals surface area contributed by atoms with Gasteiger partial charge in [0.1, 0.15) is 29.7 Å². The van der Waals surface area contributed by atoms with Crippen LogP contribution in [0.25, 0.3) is 6.08 Å². The molecule has 3 aliphatic rings. The van der Waals surface area contributed by atoms with Gasteiger partial charge in [0.25, 0.3) is 0 Å². The number of hydrogen-bond acceptors (Lipinski definition) is 5. The van der Waals surface area contributed by atoms with Crippen molar-refractivity contribution in [3.05, 3.63) is 30.0 Å². The number of hydrogen-bond donors (Lipinski definition) is 2. The smallest absolute Gasteiger partial charge is 0.246 e. The van der Waals surface area contributed by atoms with Crippen LogP contribution in [0.15, 0.2) is 24.4 Å². The van der Waals surface area contributed by atoms with Gasteiger partial charge in [-0.25, -0.2) is 0 Å². The first kappa shape index (κ1) is 16.9. The number of carbonyl (C=O) groups is 2. The van der Waals surface area contributed by atoms with Gasteiger partial charge in [0.05, 0.1) is 7.11 Å². The third-order valence-corrected chi connectivity index (χ3v) is 5.25. The summed E-state index contributed by atoms with van der Waals surface area (Å²) >= 11 is 0. The Morgan fingerprint density at radius 1 is 1.27 bits per heavy atom. The number of methoxy groups -OCH3 is 1. The van der Waals surface area contributed by atoms with Gasteiger partial charge >= 0.3 is 0 Å². The molecule has 7 nitrogen and oxygen atoms in total.